The number of morpholine rings is 1. The number of aromatic amines is 1. The molecule has 118 valence electrons. The number of nitrogens with zero attached hydrogens (tertiary/aromatic N) is 3. The van der Waals surface area contributed by atoms with Gasteiger partial charge in [0.2, 0.25) is 0 Å². The molecular formula is C17H19N5O. The summed E-state index contributed by atoms with van der Waals surface area (Å²) in [5, 5.41) is 7.95. The van der Waals surface area contributed by atoms with E-state index in [9.17, 15) is 0 Å². The van der Waals surface area contributed by atoms with Crippen LogP contribution in [0.4, 0.5) is 11.6 Å². The second-order valence-electron chi connectivity index (χ2n) is 5.85. The fourth-order valence-corrected chi connectivity index (χ4v) is 3.07. The maximum Gasteiger partial charge on any atom is 0.160 e. The van der Waals surface area contributed by atoms with Gasteiger partial charge in [0.05, 0.1) is 18.1 Å². The number of rotatable bonds is 2. The van der Waals surface area contributed by atoms with E-state index >= 15 is 0 Å². The molecule has 1 saturated heterocycles. The van der Waals surface area contributed by atoms with Gasteiger partial charge in [-0.25, -0.2) is 4.98 Å². The van der Waals surface area contributed by atoms with Gasteiger partial charge >= 0.3 is 0 Å². The molecule has 0 radical (unpaired) electrons. The van der Waals surface area contributed by atoms with E-state index in [1.807, 2.05) is 18.2 Å². The lowest BCUT2D eigenvalue weighted by atomic mass is 10.0. The summed E-state index contributed by atoms with van der Waals surface area (Å²) in [6.45, 7) is 4.46. The molecule has 1 fully saturated rings. The number of anilines is 2. The van der Waals surface area contributed by atoms with Crippen LogP contribution in [0.2, 0.25) is 0 Å². The number of fused-ring (bicyclic) bond motifs is 1. The largest absolute Gasteiger partial charge is 0.382 e. The molecule has 1 aliphatic rings. The van der Waals surface area contributed by atoms with E-state index < -0.39 is 0 Å². The Morgan fingerprint density at radius 2 is 2.13 bits per heavy atom. The van der Waals surface area contributed by atoms with Crippen LogP contribution in [-0.4, -0.2) is 41.0 Å². The zero-order valence-electron chi connectivity index (χ0n) is 13.0. The lowest BCUT2D eigenvalue weighted by Gasteiger charge is -2.32. The number of aromatic nitrogens is 3. The molecule has 3 aromatic rings. The van der Waals surface area contributed by atoms with Gasteiger partial charge in [0.25, 0.3) is 0 Å². The summed E-state index contributed by atoms with van der Waals surface area (Å²) in [6.07, 6.45) is 0.202. The van der Waals surface area contributed by atoms with E-state index in [0.29, 0.717) is 12.4 Å². The molecule has 0 spiro atoms. The van der Waals surface area contributed by atoms with Crippen molar-refractivity contribution < 1.29 is 4.74 Å². The van der Waals surface area contributed by atoms with E-state index in [1.54, 1.807) is 0 Å². The molecule has 6 heteroatoms. The fourth-order valence-electron chi connectivity index (χ4n) is 3.07. The van der Waals surface area contributed by atoms with E-state index in [1.165, 1.54) is 0 Å². The lowest BCUT2D eigenvalue weighted by Crippen LogP contribution is -2.41. The van der Waals surface area contributed by atoms with Crippen LogP contribution in [0, 0.1) is 0 Å². The first-order valence-electron chi connectivity index (χ1n) is 7.79. The molecule has 3 N–H and O–H groups in total. The Balaban J connectivity index is 1.88. The molecule has 0 aliphatic carbocycles. The van der Waals surface area contributed by atoms with Crippen molar-refractivity contribution in [3.8, 4) is 11.1 Å². The van der Waals surface area contributed by atoms with Crippen molar-refractivity contribution in [1.29, 1.82) is 0 Å². The molecule has 1 aliphatic heterocycles. The summed E-state index contributed by atoms with van der Waals surface area (Å²) < 4.78 is 5.63. The summed E-state index contributed by atoms with van der Waals surface area (Å²) in [6, 6.07) is 12.3. The van der Waals surface area contributed by atoms with Crippen LogP contribution in [0.3, 0.4) is 0 Å². The van der Waals surface area contributed by atoms with Gasteiger partial charge in [0.15, 0.2) is 11.5 Å². The Kier molecular flexibility index (Phi) is 3.38. The minimum absolute atomic E-state index is 0.202. The van der Waals surface area contributed by atoms with Crippen LogP contribution in [-0.2, 0) is 4.74 Å². The Labute approximate surface area is 134 Å². The number of hydrogen-bond acceptors (Lipinski definition) is 5. The molecule has 1 atom stereocenters. The zero-order chi connectivity index (χ0) is 15.8. The van der Waals surface area contributed by atoms with Crippen LogP contribution in [0.5, 0.6) is 0 Å². The topological polar surface area (TPSA) is 80.1 Å². The first-order chi connectivity index (χ1) is 11.2. The molecular weight excluding hydrogens is 290 g/mol. The van der Waals surface area contributed by atoms with Gasteiger partial charge in [-0.1, -0.05) is 30.3 Å². The Bertz CT molecular complexity index is 830. The third-order valence-electron chi connectivity index (χ3n) is 4.19. The van der Waals surface area contributed by atoms with E-state index in [0.717, 1.165) is 41.1 Å². The molecule has 0 saturated carbocycles. The van der Waals surface area contributed by atoms with Crippen molar-refractivity contribution in [2.24, 2.45) is 0 Å². The minimum atomic E-state index is 0.202. The van der Waals surface area contributed by atoms with Crippen LogP contribution in [0.1, 0.15) is 6.92 Å². The predicted molar refractivity (Wildman–Crippen MR) is 91.4 cm³/mol. The molecule has 2 aromatic heterocycles. The normalized spacial score (nSPS) is 18.5. The number of hydrogen-bond donors (Lipinski definition) is 2. The van der Waals surface area contributed by atoms with Gasteiger partial charge in [-0.2, -0.15) is 5.10 Å². The first kappa shape index (κ1) is 14.0. The van der Waals surface area contributed by atoms with Gasteiger partial charge < -0.3 is 15.4 Å². The van der Waals surface area contributed by atoms with Crippen LogP contribution in [0.15, 0.2) is 36.4 Å². The number of nitrogen functional groups attached to an aromatic ring is 1. The Morgan fingerprint density at radius 1 is 1.30 bits per heavy atom. The number of pyridine rings is 1. The highest BCUT2D eigenvalue weighted by Gasteiger charge is 2.21. The van der Waals surface area contributed by atoms with E-state index in [2.05, 4.69) is 40.2 Å². The highest BCUT2D eigenvalue weighted by Crippen LogP contribution is 2.33. The smallest absolute Gasteiger partial charge is 0.160 e. The van der Waals surface area contributed by atoms with Crippen molar-refractivity contribution in [2.75, 3.05) is 30.3 Å². The second-order valence-corrected chi connectivity index (χ2v) is 5.85. The van der Waals surface area contributed by atoms with Gasteiger partial charge in [-0.05, 0) is 18.6 Å². The van der Waals surface area contributed by atoms with Crippen molar-refractivity contribution in [3.05, 3.63) is 36.4 Å². The van der Waals surface area contributed by atoms with Crippen molar-refractivity contribution in [3.63, 3.8) is 0 Å². The summed E-state index contributed by atoms with van der Waals surface area (Å²) in [7, 11) is 0. The van der Waals surface area contributed by atoms with Crippen LogP contribution >= 0.6 is 0 Å². The highest BCUT2D eigenvalue weighted by atomic mass is 16.5. The lowest BCUT2D eigenvalue weighted by molar-refractivity contribution is 0.0529. The minimum Gasteiger partial charge on any atom is -0.382 e. The maximum absolute atomic E-state index is 6.05. The van der Waals surface area contributed by atoms with Gasteiger partial charge in [0, 0.05) is 18.7 Å². The SMILES string of the molecule is CC1CN(c2cc(-c3ccccc3)c3c(N)n[nH]c3n2)CCO1. The fraction of sp³-hybridized carbons (Fsp3) is 0.294. The zero-order valence-corrected chi connectivity index (χ0v) is 13.0. The average Bonchev–Trinajstić information content (AvgIpc) is 2.96. The van der Waals surface area contributed by atoms with Gasteiger partial charge in [-0.3, -0.25) is 5.10 Å². The first-order valence-corrected chi connectivity index (χ1v) is 7.79. The summed E-state index contributed by atoms with van der Waals surface area (Å²) >= 11 is 0. The van der Waals surface area contributed by atoms with Crippen LogP contribution in [0.25, 0.3) is 22.2 Å². The molecule has 0 amide bonds. The van der Waals surface area contributed by atoms with Gasteiger partial charge in [-0.15, -0.1) is 0 Å². The second kappa shape index (κ2) is 5.55. The molecule has 1 unspecified atom stereocenters. The molecule has 0 bridgehead atoms. The molecule has 1 aromatic carbocycles. The standard InChI is InChI=1S/C17H19N5O/c1-11-10-22(7-8-23-11)14-9-13(12-5-3-2-4-6-12)15-16(18)20-21-17(15)19-14/h2-6,9,11H,7-8,10H2,1H3,(H3,18,19,20,21). The predicted octanol–water partition coefficient (Wildman–Crippen LogP) is 2.43. The van der Waals surface area contributed by atoms with Crippen molar-refractivity contribution >= 4 is 22.7 Å². The summed E-state index contributed by atoms with van der Waals surface area (Å²) in [5.74, 6) is 1.41. The molecule has 3 heterocycles. The van der Waals surface area contributed by atoms with Crippen LogP contribution < -0.4 is 10.6 Å². The monoisotopic (exact) mass is 309 g/mol. The third kappa shape index (κ3) is 2.51. The molecule has 6 nitrogen and oxygen atoms in total. The number of ether oxygens (including phenoxy) is 1. The maximum atomic E-state index is 6.05. The molecule has 4 rings (SSSR count). The number of nitrogens with one attached hydrogen (secondary N) is 1. The third-order valence-corrected chi connectivity index (χ3v) is 4.19. The van der Waals surface area contributed by atoms with E-state index in [-0.39, 0.29) is 6.10 Å². The number of benzene rings is 1. The Morgan fingerprint density at radius 3 is 2.91 bits per heavy atom. The average molecular weight is 309 g/mol. The number of nitrogens with two attached hydrogens (primary N) is 1. The quantitative estimate of drug-likeness (QED) is 0.760. The van der Waals surface area contributed by atoms with Crippen molar-refractivity contribution in [1.82, 2.24) is 15.2 Å². The highest BCUT2D eigenvalue weighted by molar-refractivity contribution is 6.01. The Hall–Kier alpha value is -2.60. The number of H-pyrrole nitrogens is 1. The van der Waals surface area contributed by atoms with Crippen molar-refractivity contribution in [2.45, 2.75) is 13.0 Å². The van der Waals surface area contributed by atoms with Gasteiger partial charge in [0.1, 0.15) is 5.82 Å². The molecule has 23 heavy (non-hydrogen) atoms. The van der Waals surface area contributed by atoms with E-state index in [4.69, 9.17) is 15.5 Å². The summed E-state index contributed by atoms with van der Waals surface area (Å²) in [4.78, 5) is 6.96. The summed E-state index contributed by atoms with van der Waals surface area (Å²) in [5.41, 5.74) is 8.93.